The number of carbonyl (C=O) groups excluding carboxylic acids is 2. The summed E-state index contributed by atoms with van der Waals surface area (Å²) < 4.78 is 40.7. The molecule has 0 aliphatic rings. The summed E-state index contributed by atoms with van der Waals surface area (Å²) in [5, 5.41) is 4.85. The number of imidazole rings is 1. The first-order chi connectivity index (χ1) is 16.0. The van der Waals surface area contributed by atoms with Crippen molar-refractivity contribution in [2.75, 3.05) is 5.32 Å². The van der Waals surface area contributed by atoms with Crippen LogP contribution in [0, 0.1) is 0 Å². The van der Waals surface area contributed by atoms with Crippen LogP contribution in [0.15, 0.2) is 31.1 Å². The normalized spacial score (nSPS) is 12.5. The van der Waals surface area contributed by atoms with Crippen LogP contribution in [-0.2, 0) is 13.2 Å². The monoisotopic (exact) mass is 510 g/mol. The Morgan fingerprint density at radius 1 is 1.12 bits per heavy atom. The van der Waals surface area contributed by atoms with Gasteiger partial charge in [-0.3, -0.25) is 9.59 Å². The van der Waals surface area contributed by atoms with E-state index in [0.29, 0.717) is 22.2 Å². The van der Waals surface area contributed by atoms with Gasteiger partial charge in [-0.1, -0.05) is 11.6 Å². The fourth-order valence-corrected chi connectivity index (χ4v) is 4.00. The number of aryl methyl sites for hydroxylation is 1. The Hall–Kier alpha value is -3.65. The number of thiazole rings is 1. The van der Waals surface area contributed by atoms with Crippen LogP contribution in [0.4, 0.5) is 19.0 Å². The lowest BCUT2D eigenvalue weighted by Crippen LogP contribution is -2.28. The minimum Gasteiger partial charge on any atom is -0.342 e. The molecule has 2 amide bonds. The Bertz CT molecular complexity index is 1400. The SMILES string of the molecule is C[C@H](NC(=O)c1ncnc2ncn(C)c12)c1ncc(C(=O)Nc2cc(C(F)(F)F)c(Cl)cn2)s1. The Morgan fingerprint density at radius 3 is 2.62 bits per heavy atom. The molecule has 4 aromatic rings. The maximum atomic E-state index is 13.0. The molecule has 0 aliphatic carbocycles. The number of fused-ring (bicyclic) bond motifs is 1. The number of alkyl halides is 3. The smallest absolute Gasteiger partial charge is 0.342 e. The molecule has 0 saturated heterocycles. The molecule has 1 atom stereocenters. The molecule has 15 heteroatoms. The molecule has 0 spiro atoms. The van der Waals surface area contributed by atoms with Crippen molar-refractivity contribution in [1.82, 2.24) is 34.8 Å². The Kier molecular flexibility index (Phi) is 6.18. The van der Waals surface area contributed by atoms with Crippen molar-refractivity contribution in [3.63, 3.8) is 0 Å². The lowest BCUT2D eigenvalue weighted by molar-refractivity contribution is -0.137. The van der Waals surface area contributed by atoms with Crippen molar-refractivity contribution >= 4 is 51.7 Å². The number of pyridine rings is 1. The average Bonchev–Trinajstić information content (AvgIpc) is 3.42. The molecule has 0 bridgehead atoms. The largest absolute Gasteiger partial charge is 0.418 e. The molecule has 0 fully saturated rings. The average molecular weight is 511 g/mol. The summed E-state index contributed by atoms with van der Waals surface area (Å²) in [5.41, 5.74) is -0.165. The topological polar surface area (TPSA) is 128 Å². The van der Waals surface area contributed by atoms with E-state index in [0.717, 1.165) is 17.5 Å². The third kappa shape index (κ3) is 4.68. The van der Waals surface area contributed by atoms with E-state index in [1.54, 1.807) is 18.5 Å². The molecule has 0 unspecified atom stereocenters. The lowest BCUT2D eigenvalue weighted by Gasteiger charge is -2.11. The van der Waals surface area contributed by atoms with E-state index in [9.17, 15) is 22.8 Å². The third-order valence-electron chi connectivity index (χ3n) is 4.59. The van der Waals surface area contributed by atoms with Gasteiger partial charge in [0.25, 0.3) is 11.8 Å². The van der Waals surface area contributed by atoms with Crippen molar-refractivity contribution in [1.29, 1.82) is 0 Å². The Labute approximate surface area is 198 Å². The molecule has 0 saturated carbocycles. The van der Waals surface area contributed by atoms with Gasteiger partial charge in [0.1, 0.15) is 27.5 Å². The van der Waals surface area contributed by atoms with E-state index in [1.807, 2.05) is 0 Å². The minimum atomic E-state index is -4.70. The number of anilines is 1. The number of carbonyl (C=O) groups is 2. The first-order valence-corrected chi connectivity index (χ1v) is 10.7. The van der Waals surface area contributed by atoms with Gasteiger partial charge in [0, 0.05) is 13.2 Å². The summed E-state index contributed by atoms with van der Waals surface area (Å²) in [4.78, 5) is 45.3. The predicted molar refractivity (Wildman–Crippen MR) is 117 cm³/mol. The van der Waals surface area contributed by atoms with Gasteiger partial charge in [0.2, 0.25) is 0 Å². The maximum Gasteiger partial charge on any atom is 0.418 e. The number of hydrogen-bond acceptors (Lipinski definition) is 8. The highest BCUT2D eigenvalue weighted by Crippen LogP contribution is 2.35. The molecule has 10 nitrogen and oxygen atoms in total. The van der Waals surface area contributed by atoms with Crippen molar-refractivity contribution in [3.8, 4) is 0 Å². The molecule has 0 radical (unpaired) electrons. The fraction of sp³-hybridized carbons (Fsp3) is 0.211. The van der Waals surface area contributed by atoms with Gasteiger partial charge in [-0.15, -0.1) is 11.3 Å². The molecule has 0 aromatic carbocycles. The first kappa shape index (κ1) is 23.5. The van der Waals surface area contributed by atoms with E-state index >= 15 is 0 Å². The number of rotatable bonds is 5. The van der Waals surface area contributed by atoms with E-state index in [-0.39, 0.29) is 16.4 Å². The zero-order valence-electron chi connectivity index (χ0n) is 17.4. The standard InChI is InChI=1S/C19H14ClF3N8O2S/c1-8(29-17(33)13-14-15(27-6-26-13)28-7-31(14)2)18-25-5-11(34-18)16(32)30-12-3-9(19(21,22)23)10(20)4-24-12/h3-8H,1-2H3,(H,29,33)(H,24,30,32)/t8-/m0/s1. The van der Waals surface area contributed by atoms with Gasteiger partial charge in [0.15, 0.2) is 11.3 Å². The fourth-order valence-electron chi connectivity index (χ4n) is 2.98. The number of amides is 2. The summed E-state index contributed by atoms with van der Waals surface area (Å²) in [6, 6.07) is 0.0501. The quantitative estimate of drug-likeness (QED) is 0.419. The van der Waals surface area contributed by atoms with Crippen molar-refractivity contribution in [2.24, 2.45) is 7.05 Å². The number of nitrogens with one attached hydrogen (secondary N) is 2. The molecular weight excluding hydrogens is 497 g/mol. The van der Waals surface area contributed by atoms with Crippen molar-refractivity contribution in [2.45, 2.75) is 19.1 Å². The van der Waals surface area contributed by atoms with Gasteiger partial charge in [-0.05, 0) is 13.0 Å². The van der Waals surface area contributed by atoms with Gasteiger partial charge in [0.05, 0.1) is 29.2 Å². The second kappa shape index (κ2) is 8.95. The van der Waals surface area contributed by atoms with Crippen molar-refractivity contribution in [3.05, 3.63) is 57.3 Å². The third-order valence-corrected chi connectivity index (χ3v) is 6.07. The molecule has 176 valence electrons. The van der Waals surface area contributed by atoms with E-state index in [4.69, 9.17) is 11.6 Å². The van der Waals surface area contributed by atoms with Crippen LogP contribution in [0.3, 0.4) is 0 Å². The van der Waals surface area contributed by atoms with Gasteiger partial charge < -0.3 is 15.2 Å². The van der Waals surface area contributed by atoms with Crippen LogP contribution in [-0.4, -0.2) is 41.3 Å². The highest BCUT2D eigenvalue weighted by Gasteiger charge is 2.34. The summed E-state index contributed by atoms with van der Waals surface area (Å²) in [7, 11) is 1.71. The maximum absolute atomic E-state index is 13.0. The molecule has 34 heavy (non-hydrogen) atoms. The van der Waals surface area contributed by atoms with E-state index in [2.05, 4.69) is 35.6 Å². The highest BCUT2D eigenvalue weighted by atomic mass is 35.5. The van der Waals surface area contributed by atoms with Crippen LogP contribution >= 0.6 is 22.9 Å². The van der Waals surface area contributed by atoms with E-state index < -0.39 is 34.6 Å². The Balaban J connectivity index is 1.47. The zero-order chi connectivity index (χ0) is 24.6. The number of halogens is 4. The van der Waals surface area contributed by atoms with E-state index in [1.165, 1.54) is 18.9 Å². The predicted octanol–water partition coefficient (Wildman–Crippen LogP) is 3.63. The highest BCUT2D eigenvalue weighted by molar-refractivity contribution is 7.13. The molecule has 0 aliphatic heterocycles. The van der Waals surface area contributed by atoms with Crippen LogP contribution in [0.1, 0.15) is 43.7 Å². The second-order valence-corrected chi connectivity index (χ2v) is 8.48. The molecular formula is C19H14ClF3N8O2S. The minimum absolute atomic E-state index is 0.109. The lowest BCUT2D eigenvalue weighted by atomic mass is 10.2. The number of nitrogens with zero attached hydrogens (tertiary/aromatic N) is 6. The summed E-state index contributed by atoms with van der Waals surface area (Å²) in [6.45, 7) is 1.66. The van der Waals surface area contributed by atoms with Crippen LogP contribution in [0.5, 0.6) is 0 Å². The van der Waals surface area contributed by atoms with Gasteiger partial charge in [-0.25, -0.2) is 24.9 Å². The summed E-state index contributed by atoms with van der Waals surface area (Å²) in [6.07, 6.45) is 0.106. The summed E-state index contributed by atoms with van der Waals surface area (Å²) in [5.74, 6) is -1.52. The number of hydrogen-bond donors (Lipinski definition) is 2. The molecule has 4 heterocycles. The van der Waals surface area contributed by atoms with Crippen LogP contribution < -0.4 is 10.6 Å². The molecule has 4 aromatic heterocycles. The van der Waals surface area contributed by atoms with Crippen LogP contribution in [0.2, 0.25) is 5.02 Å². The second-order valence-electron chi connectivity index (χ2n) is 7.01. The Morgan fingerprint density at radius 2 is 1.88 bits per heavy atom. The van der Waals surface area contributed by atoms with Crippen molar-refractivity contribution < 1.29 is 22.8 Å². The van der Waals surface area contributed by atoms with Gasteiger partial charge in [-0.2, -0.15) is 13.2 Å². The summed E-state index contributed by atoms with van der Waals surface area (Å²) >= 11 is 6.50. The number of aromatic nitrogens is 6. The van der Waals surface area contributed by atoms with Gasteiger partial charge >= 0.3 is 6.18 Å². The molecule has 4 rings (SSSR count). The zero-order valence-corrected chi connectivity index (χ0v) is 19.0. The van der Waals surface area contributed by atoms with Crippen LogP contribution in [0.25, 0.3) is 11.2 Å². The first-order valence-electron chi connectivity index (χ1n) is 9.47. The molecule has 2 N–H and O–H groups in total.